The Kier molecular flexibility index (Phi) is 8.49. The largest absolute Gasteiger partial charge is 0.496 e. The van der Waals surface area contributed by atoms with Gasteiger partial charge in [-0.05, 0) is 46.3 Å². The lowest BCUT2D eigenvalue weighted by Crippen LogP contribution is -2.43. The van der Waals surface area contributed by atoms with Crippen LogP contribution < -0.4 is 20.7 Å². The second-order valence-corrected chi connectivity index (χ2v) is 13.6. The van der Waals surface area contributed by atoms with Crippen molar-refractivity contribution >= 4 is 45.1 Å². The zero-order chi connectivity index (χ0) is 31.9. The SMILES string of the molecule is COc1c(C)cnc(CN2C(=O)/C(=C\c3[nH]c(C)c(C(=O)NCCN4CCS(=O)(=O)CC4)c3C)c3c(C)nc(N)nc32)c1C. The molecule has 0 aromatic carbocycles. The van der Waals surface area contributed by atoms with Crippen LogP contribution in [-0.4, -0.2) is 89.9 Å². The number of hydrogen-bond donors (Lipinski definition) is 3. The second kappa shape index (κ2) is 12.0. The monoisotopic (exact) mass is 622 g/mol. The van der Waals surface area contributed by atoms with E-state index < -0.39 is 9.84 Å². The number of H-pyrrole nitrogens is 1. The van der Waals surface area contributed by atoms with Gasteiger partial charge in [0, 0.05) is 54.9 Å². The van der Waals surface area contributed by atoms with Crippen molar-refractivity contribution in [3.05, 3.63) is 56.8 Å². The maximum Gasteiger partial charge on any atom is 0.260 e. The van der Waals surface area contributed by atoms with Crippen LogP contribution in [0.1, 0.15) is 55.4 Å². The molecular weight excluding hydrogens is 584 g/mol. The number of carbonyl (C=O) groups is 2. The molecule has 2 amide bonds. The number of methoxy groups -OCH3 is 1. The molecule has 5 heterocycles. The number of sulfone groups is 1. The number of hydrogen-bond acceptors (Lipinski definition) is 10. The van der Waals surface area contributed by atoms with Gasteiger partial charge in [-0.25, -0.2) is 13.4 Å². The quantitative estimate of drug-likeness (QED) is 0.315. The summed E-state index contributed by atoms with van der Waals surface area (Å²) in [7, 11) is -1.36. The van der Waals surface area contributed by atoms with E-state index in [1.165, 1.54) is 0 Å². The average molecular weight is 623 g/mol. The van der Waals surface area contributed by atoms with E-state index >= 15 is 0 Å². The van der Waals surface area contributed by atoms with Crippen molar-refractivity contribution in [1.82, 2.24) is 30.2 Å². The summed E-state index contributed by atoms with van der Waals surface area (Å²) in [5.74, 6) is 0.919. The maximum atomic E-state index is 14.0. The summed E-state index contributed by atoms with van der Waals surface area (Å²) in [6.45, 7) is 11.3. The molecular formula is C30H38N8O5S. The predicted octanol–water partition coefficient (Wildman–Crippen LogP) is 1.88. The minimum absolute atomic E-state index is 0.0588. The van der Waals surface area contributed by atoms with Gasteiger partial charge in [0.1, 0.15) is 11.6 Å². The summed E-state index contributed by atoms with van der Waals surface area (Å²) in [4.78, 5) is 47.4. The first-order chi connectivity index (χ1) is 20.8. The summed E-state index contributed by atoms with van der Waals surface area (Å²) < 4.78 is 28.9. The molecule has 44 heavy (non-hydrogen) atoms. The molecule has 4 N–H and O–H groups in total. The first-order valence-electron chi connectivity index (χ1n) is 14.4. The van der Waals surface area contributed by atoms with Crippen LogP contribution in [0.15, 0.2) is 6.20 Å². The number of carbonyl (C=O) groups excluding carboxylic acids is 2. The second-order valence-electron chi connectivity index (χ2n) is 11.3. The van der Waals surface area contributed by atoms with Gasteiger partial charge < -0.3 is 20.8 Å². The van der Waals surface area contributed by atoms with E-state index in [2.05, 4.69) is 25.3 Å². The molecule has 0 unspecified atom stereocenters. The highest BCUT2D eigenvalue weighted by atomic mass is 32.2. The van der Waals surface area contributed by atoms with Crippen molar-refractivity contribution < 1.29 is 22.7 Å². The fourth-order valence-electron chi connectivity index (χ4n) is 5.89. The number of amides is 2. The normalized spacial score (nSPS) is 17.3. The van der Waals surface area contributed by atoms with E-state index in [0.29, 0.717) is 82.8 Å². The van der Waals surface area contributed by atoms with Crippen LogP contribution >= 0.6 is 0 Å². The number of nitrogens with zero attached hydrogens (tertiary/aromatic N) is 5. The van der Waals surface area contributed by atoms with Crippen LogP contribution in [-0.2, 0) is 21.2 Å². The standard InChI is InChI=1S/C30H38N8O5S/c1-16-14-33-23(18(3)26(16)43-6)15-38-27-25(20(5)35-30(31)36-27)21(29(38)40)13-22-17(2)24(19(4)34-22)28(39)32-7-8-37-9-11-44(41,42)12-10-37/h13-14,34H,7-12,15H2,1-6H3,(H,32,39)(H2,31,35,36)/b21-13-. The molecule has 2 aliphatic rings. The van der Waals surface area contributed by atoms with Crippen LogP contribution in [0.5, 0.6) is 5.75 Å². The highest BCUT2D eigenvalue weighted by molar-refractivity contribution is 7.91. The Bertz CT molecular complexity index is 1780. The Morgan fingerprint density at radius 3 is 2.52 bits per heavy atom. The molecule has 1 fully saturated rings. The Morgan fingerprint density at radius 2 is 1.84 bits per heavy atom. The predicted molar refractivity (Wildman–Crippen MR) is 168 cm³/mol. The zero-order valence-electron chi connectivity index (χ0n) is 25.9. The first-order valence-corrected chi connectivity index (χ1v) is 16.2. The van der Waals surface area contributed by atoms with Crippen LogP contribution in [0.3, 0.4) is 0 Å². The number of rotatable bonds is 8. The number of ether oxygens (including phenoxy) is 1. The lowest BCUT2D eigenvalue weighted by Gasteiger charge is -2.26. The number of nitrogens with one attached hydrogen (secondary N) is 2. The summed E-state index contributed by atoms with van der Waals surface area (Å²) in [5, 5.41) is 2.95. The number of fused-ring (bicyclic) bond motifs is 1. The molecule has 0 bridgehead atoms. The molecule has 234 valence electrons. The molecule has 0 saturated carbocycles. The number of anilines is 2. The van der Waals surface area contributed by atoms with E-state index in [1.807, 2.05) is 32.6 Å². The smallest absolute Gasteiger partial charge is 0.260 e. The third-order valence-electron chi connectivity index (χ3n) is 8.29. The molecule has 3 aromatic heterocycles. The molecule has 14 heteroatoms. The molecule has 2 aliphatic heterocycles. The first kappa shape index (κ1) is 31.1. The van der Waals surface area contributed by atoms with Gasteiger partial charge in [-0.3, -0.25) is 24.4 Å². The highest BCUT2D eigenvalue weighted by Crippen LogP contribution is 2.40. The molecule has 0 radical (unpaired) electrons. The van der Waals surface area contributed by atoms with Crippen LogP contribution in [0.25, 0.3) is 11.6 Å². The van der Waals surface area contributed by atoms with Crippen LogP contribution in [0, 0.1) is 34.6 Å². The van der Waals surface area contributed by atoms with Gasteiger partial charge in [0.05, 0.1) is 53.2 Å². The minimum atomic E-state index is -2.96. The average Bonchev–Trinajstić information content (AvgIpc) is 3.38. The van der Waals surface area contributed by atoms with E-state index in [4.69, 9.17) is 10.5 Å². The summed E-state index contributed by atoms with van der Waals surface area (Å²) >= 11 is 0. The van der Waals surface area contributed by atoms with Crippen LogP contribution in [0.2, 0.25) is 0 Å². The van der Waals surface area contributed by atoms with Gasteiger partial charge in [-0.15, -0.1) is 0 Å². The van der Waals surface area contributed by atoms with Gasteiger partial charge >= 0.3 is 0 Å². The zero-order valence-corrected chi connectivity index (χ0v) is 26.7. The highest BCUT2D eigenvalue weighted by Gasteiger charge is 2.37. The number of aryl methyl sites for hydroxylation is 3. The molecule has 3 aromatic rings. The summed E-state index contributed by atoms with van der Waals surface area (Å²) in [6, 6.07) is 0. The Hall–Kier alpha value is -4.30. The minimum Gasteiger partial charge on any atom is -0.496 e. The maximum absolute atomic E-state index is 14.0. The van der Waals surface area contributed by atoms with Gasteiger partial charge in [0.2, 0.25) is 5.95 Å². The molecule has 5 rings (SSSR count). The molecule has 1 saturated heterocycles. The Labute approximate surface area is 256 Å². The van der Waals surface area contributed by atoms with E-state index in [1.54, 1.807) is 31.2 Å². The lowest BCUT2D eigenvalue weighted by molar-refractivity contribution is -0.113. The third kappa shape index (κ3) is 5.91. The van der Waals surface area contributed by atoms with Crippen molar-refractivity contribution in [2.75, 3.05) is 55.4 Å². The fourth-order valence-corrected chi connectivity index (χ4v) is 7.17. The third-order valence-corrected chi connectivity index (χ3v) is 9.90. The molecule has 0 atom stereocenters. The fraction of sp³-hybridized carbons (Fsp3) is 0.433. The van der Waals surface area contributed by atoms with Gasteiger partial charge in [-0.2, -0.15) is 4.98 Å². The number of aromatic amines is 1. The van der Waals surface area contributed by atoms with Crippen molar-refractivity contribution in [3.8, 4) is 5.75 Å². The van der Waals surface area contributed by atoms with Crippen LogP contribution in [0.4, 0.5) is 11.8 Å². The summed E-state index contributed by atoms with van der Waals surface area (Å²) in [6.07, 6.45) is 3.45. The number of aromatic nitrogens is 4. The lowest BCUT2D eigenvalue weighted by atomic mass is 10.0. The number of nitrogens with two attached hydrogens (primary N) is 1. The van der Waals surface area contributed by atoms with Crippen molar-refractivity contribution in [3.63, 3.8) is 0 Å². The van der Waals surface area contributed by atoms with Gasteiger partial charge in [-0.1, -0.05) is 0 Å². The topological polar surface area (TPSA) is 176 Å². The molecule has 0 aliphatic carbocycles. The number of pyridine rings is 1. The van der Waals surface area contributed by atoms with Gasteiger partial charge in [0.25, 0.3) is 11.8 Å². The molecule has 13 nitrogen and oxygen atoms in total. The number of nitrogen functional groups attached to an aromatic ring is 1. The van der Waals surface area contributed by atoms with E-state index in [-0.39, 0.29) is 35.8 Å². The van der Waals surface area contributed by atoms with E-state index in [0.717, 1.165) is 11.1 Å². The Morgan fingerprint density at radius 1 is 1.14 bits per heavy atom. The summed E-state index contributed by atoms with van der Waals surface area (Å²) in [5.41, 5.74) is 12.4. The Balaban J connectivity index is 1.41. The van der Waals surface area contributed by atoms with Crippen molar-refractivity contribution in [2.45, 2.75) is 41.2 Å². The van der Waals surface area contributed by atoms with E-state index in [9.17, 15) is 18.0 Å². The van der Waals surface area contributed by atoms with Gasteiger partial charge in [0.15, 0.2) is 9.84 Å². The molecule has 0 spiro atoms. The van der Waals surface area contributed by atoms with Crippen molar-refractivity contribution in [1.29, 1.82) is 0 Å². The van der Waals surface area contributed by atoms with Crippen molar-refractivity contribution in [2.24, 2.45) is 0 Å².